The van der Waals surface area contributed by atoms with Gasteiger partial charge in [0.1, 0.15) is 0 Å². The third kappa shape index (κ3) is 2.24. The normalized spacial score (nSPS) is 25.9. The molecular formula is C22H24N2. The minimum Gasteiger partial charge on any atom is -0.399 e. The molecule has 2 unspecified atom stereocenters. The number of anilines is 2. The standard InChI is InChI=1S/C22H24N2/c1-22(2)20(14-7-4-3-5-8-14)18-9-6-10-19(18)21(22)15-11-16(23)13-17(24)12-15/h3-9,11-13,18-19H,10,23-24H2,1-2H3. The minimum atomic E-state index is -0.0122. The van der Waals surface area contributed by atoms with Crippen LogP contribution in [-0.4, -0.2) is 0 Å². The van der Waals surface area contributed by atoms with Crippen molar-refractivity contribution in [1.82, 2.24) is 0 Å². The van der Waals surface area contributed by atoms with Crippen LogP contribution in [0.5, 0.6) is 0 Å². The van der Waals surface area contributed by atoms with Crippen LogP contribution in [0.25, 0.3) is 0 Å². The van der Waals surface area contributed by atoms with Gasteiger partial charge in [0, 0.05) is 23.2 Å². The quantitative estimate of drug-likeness (QED) is 0.627. The zero-order chi connectivity index (χ0) is 16.9. The van der Waals surface area contributed by atoms with Crippen LogP contribution in [0.3, 0.4) is 0 Å². The van der Waals surface area contributed by atoms with Crippen LogP contribution < -0.4 is 11.5 Å². The highest BCUT2D eigenvalue weighted by Crippen LogP contribution is 2.64. The van der Waals surface area contributed by atoms with E-state index in [0.717, 1.165) is 17.8 Å². The SMILES string of the molecule is CC1(C)[C](c2ccccc2)C2C=CCC2[C]1c1cc(N)cc(N)c1. The van der Waals surface area contributed by atoms with Crippen molar-refractivity contribution in [3.05, 3.63) is 83.6 Å². The van der Waals surface area contributed by atoms with Crippen molar-refractivity contribution >= 4 is 11.4 Å². The molecule has 2 heteroatoms. The Bertz CT molecular complexity index is 756. The van der Waals surface area contributed by atoms with Crippen molar-refractivity contribution in [3.8, 4) is 0 Å². The average Bonchev–Trinajstić information content (AvgIpc) is 3.03. The van der Waals surface area contributed by atoms with E-state index in [2.05, 4.69) is 68.5 Å². The zero-order valence-electron chi connectivity index (χ0n) is 14.3. The summed E-state index contributed by atoms with van der Waals surface area (Å²) in [6.45, 7) is 4.69. The van der Waals surface area contributed by atoms with E-state index in [1.54, 1.807) is 0 Å². The molecule has 2 aliphatic rings. The second-order valence-corrected chi connectivity index (χ2v) is 7.50. The van der Waals surface area contributed by atoms with E-state index in [1.807, 2.05) is 6.07 Å². The summed E-state index contributed by atoms with van der Waals surface area (Å²) in [4.78, 5) is 0. The van der Waals surface area contributed by atoms with E-state index in [9.17, 15) is 0 Å². The fraction of sp³-hybridized carbons (Fsp3) is 0.273. The van der Waals surface area contributed by atoms with Gasteiger partial charge in [-0.3, -0.25) is 0 Å². The number of hydrogen-bond acceptors (Lipinski definition) is 2. The second kappa shape index (κ2) is 5.41. The summed E-state index contributed by atoms with van der Waals surface area (Å²) in [5, 5.41) is 0. The smallest absolute Gasteiger partial charge is 0.0337 e. The first-order chi connectivity index (χ1) is 11.5. The molecule has 2 aromatic rings. The van der Waals surface area contributed by atoms with Gasteiger partial charge in [-0.25, -0.2) is 0 Å². The minimum absolute atomic E-state index is 0.0122. The summed E-state index contributed by atoms with van der Waals surface area (Å²) < 4.78 is 0. The zero-order valence-corrected chi connectivity index (χ0v) is 14.3. The number of hydrogen-bond donors (Lipinski definition) is 2. The second-order valence-electron chi connectivity index (χ2n) is 7.50. The van der Waals surface area contributed by atoms with Crippen LogP contribution >= 0.6 is 0 Å². The maximum Gasteiger partial charge on any atom is 0.0337 e. The molecular weight excluding hydrogens is 292 g/mol. The topological polar surface area (TPSA) is 52.0 Å². The molecule has 0 amide bonds. The molecule has 2 radical (unpaired) electrons. The molecule has 2 atom stereocenters. The molecule has 24 heavy (non-hydrogen) atoms. The van der Waals surface area contributed by atoms with E-state index >= 15 is 0 Å². The van der Waals surface area contributed by atoms with Crippen LogP contribution in [-0.2, 0) is 0 Å². The highest BCUT2D eigenvalue weighted by atomic mass is 14.6. The lowest BCUT2D eigenvalue weighted by molar-refractivity contribution is 0.451. The Morgan fingerprint density at radius 1 is 0.875 bits per heavy atom. The average molecular weight is 316 g/mol. The summed E-state index contributed by atoms with van der Waals surface area (Å²) in [6, 6.07) is 16.8. The van der Waals surface area contributed by atoms with E-state index in [0.29, 0.717) is 11.8 Å². The molecule has 0 bridgehead atoms. The Morgan fingerprint density at radius 2 is 1.54 bits per heavy atom. The maximum absolute atomic E-state index is 6.08. The van der Waals surface area contributed by atoms with Gasteiger partial charge >= 0.3 is 0 Å². The molecule has 2 aromatic carbocycles. The third-order valence-corrected chi connectivity index (χ3v) is 5.59. The lowest BCUT2D eigenvalue weighted by Gasteiger charge is -2.35. The van der Waals surface area contributed by atoms with Crippen LogP contribution in [0.2, 0.25) is 0 Å². The van der Waals surface area contributed by atoms with Crippen molar-refractivity contribution in [1.29, 1.82) is 0 Å². The van der Waals surface area contributed by atoms with Gasteiger partial charge in [-0.2, -0.15) is 0 Å². The van der Waals surface area contributed by atoms with Gasteiger partial charge in [-0.05, 0) is 53.0 Å². The molecule has 2 nitrogen and oxygen atoms in total. The van der Waals surface area contributed by atoms with Crippen molar-refractivity contribution < 1.29 is 0 Å². The predicted octanol–water partition coefficient (Wildman–Crippen LogP) is 4.63. The van der Waals surface area contributed by atoms with Gasteiger partial charge in [0.15, 0.2) is 0 Å². The highest BCUT2D eigenvalue weighted by Gasteiger charge is 2.56. The largest absolute Gasteiger partial charge is 0.399 e. The van der Waals surface area contributed by atoms with Crippen LogP contribution in [0, 0.1) is 29.1 Å². The summed E-state index contributed by atoms with van der Waals surface area (Å²) in [7, 11) is 0. The van der Waals surface area contributed by atoms with Gasteiger partial charge in [0.25, 0.3) is 0 Å². The van der Waals surface area contributed by atoms with Gasteiger partial charge < -0.3 is 11.5 Å². The molecule has 1 saturated carbocycles. The summed E-state index contributed by atoms with van der Waals surface area (Å²) >= 11 is 0. The number of nitrogens with two attached hydrogens (primary N) is 2. The summed E-state index contributed by atoms with van der Waals surface area (Å²) in [5.74, 6) is 3.96. The third-order valence-electron chi connectivity index (χ3n) is 5.59. The van der Waals surface area contributed by atoms with Crippen LogP contribution in [0.4, 0.5) is 11.4 Å². The number of allylic oxidation sites excluding steroid dienone is 2. The monoisotopic (exact) mass is 316 g/mol. The molecule has 0 aliphatic heterocycles. The Morgan fingerprint density at radius 3 is 2.21 bits per heavy atom. The first-order valence-corrected chi connectivity index (χ1v) is 8.61. The summed E-state index contributed by atoms with van der Waals surface area (Å²) in [5.41, 5.74) is 16.2. The van der Waals surface area contributed by atoms with Gasteiger partial charge in [-0.1, -0.05) is 56.3 Å². The predicted molar refractivity (Wildman–Crippen MR) is 101 cm³/mol. The molecule has 0 aromatic heterocycles. The van der Waals surface area contributed by atoms with Crippen molar-refractivity contribution in [2.75, 3.05) is 11.5 Å². The van der Waals surface area contributed by atoms with Gasteiger partial charge in [0.2, 0.25) is 0 Å². The van der Waals surface area contributed by atoms with E-state index in [-0.39, 0.29) is 5.41 Å². The Labute approximate surface area is 144 Å². The maximum atomic E-state index is 6.08. The molecule has 0 saturated heterocycles. The molecule has 122 valence electrons. The fourth-order valence-corrected chi connectivity index (χ4v) is 4.85. The van der Waals surface area contributed by atoms with Crippen LogP contribution in [0.1, 0.15) is 31.4 Å². The van der Waals surface area contributed by atoms with E-state index in [4.69, 9.17) is 11.5 Å². The Hall–Kier alpha value is -2.22. The Balaban J connectivity index is 1.84. The molecule has 0 heterocycles. The van der Waals surface area contributed by atoms with Gasteiger partial charge in [-0.15, -0.1) is 0 Å². The highest BCUT2D eigenvalue weighted by molar-refractivity contribution is 5.62. The number of rotatable bonds is 2. The van der Waals surface area contributed by atoms with E-state index < -0.39 is 0 Å². The molecule has 4 rings (SSSR count). The van der Waals surface area contributed by atoms with Crippen LogP contribution in [0.15, 0.2) is 60.7 Å². The fourth-order valence-electron chi connectivity index (χ4n) is 4.85. The summed E-state index contributed by atoms with van der Waals surface area (Å²) in [6.07, 6.45) is 5.80. The molecule has 4 N–H and O–H groups in total. The van der Waals surface area contributed by atoms with E-state index in [1.165, 1.54) is 23.0 Å². The van der Waals surface area contributed by atoms with Crippen molar-refractivity contribution in [2.24, 2.45) is 17.3 Å². The molecule has 2 aliphatic carbocycles. The molecule has 0 spiro atoms. The first-order valence-electron chi connectivity index (χ1n) is 8.61. The van der Waals surface area contributed by atoms with Crippen molar-refractivity contribution in [2.45, 2.75) is 20.3 Å². The number of fused-ring (bicyclic) bond motifs is 1. The van der Waals surface area contributed by atoms with Gasteiger partial charge in [0.05, 0.1) is 0 Å². The lowest BCUT2D eigenvalue weighted by atomic mass is 9.68. The van der Waals surface area contributed by atoms with Crippen molar-refractivity contribution in [3.63, 3.8) is 0 Å². The first kappa shape index (κ1) is 15.3. The lowest BCUT2D eigenvalue weighted by Crippen LogP contribution is -2.26. The number of benzene rings is 2. The molecule has 1 fully saturated rings. The number of nitrogen functional groups attached to an aromatic ring is 2. The Kier molecular flexibility index (Phi) is 3.45.